The summed E-state index contributed by atoms with van der Waals surface area (Å²) >= 11 is 0. The van der Waals surface area contributed by atoms with Gasteiger partial charge in [0.1, 0.15) is 13.2 Å². The minimum Gasteiger partial charge on any atom is -0.462 e. The van der Waals surface area contributed by atoms with Crippen molar-refractivity contribution in [1.82, 2.24) is 0 Å². The largest absolute Gasteiger partial charge is 0.462 e. The van der Waals surface area contributed by atoms with Gasteiger partial charge in [-0.1, -0.05) is 212 Å². The molecule has 6 heteroatoms. The Kier molecular flexibility index (Phi) is 52.5. The van der Waals surface area contributed by atoms with Crippen molar-refractivity contribution in [2.45, 2.75) is 232 Å². The van der Waals surface area contributed by atoms with Crippen molar-refractivity contribution < 1.29 is 28.6 Å². The fourth-order valence-corrected chi connectivity index (χ4v) is 7.03. The van der Waals surface area contributed by atoms with Gasteiger partial charge in [0.2, 0.25) is 0 Å². The van der Waals surface area contributed by atoms with Crippen molar-refractivity contribution in [2.75, 3.05) is 13.2 Å². The maximum absolute atomic E-state index is 12.8. The van der Waals surface area contributed by atoms with Crippen LogP contribution in [0.2, 0.25) is 0 Å². The summed E-state index contributed by atoms with van der Waals surface area (Å²) in [6.07, 6.45) is 78.6. The van der Waals surface area contributed by atoms with Gasteiger partial charge in [0.05, 0.1) is 0 Å². The molecule has 0 rings (SSSR count). The molecule has 0 spiro atoms. The van der Waals surface area contributed by atoms with Gasteiger partial charge >= 0.3 is 17.9 Å². The van der Waals surface area contributed by atoms with Gasteiger partial charge in [0.25, 0.3) is 0 Å². The van der Waals surface area contributed by atoms with Gasteiger partial charge in [-0.2, -0.15) is 0 Å². The van der Waals surface area contributed by atoms with Gasteiger partial charge in [-0.3, -0.25) is 14.4 Å². The van der Waals surface area contributed by atoms with Crippen LogP contribution in [-0.4, -0.2) is 37.2 Å². The van der Waals surface area contributed by atoms with E-state index in [-0.39, 0.29) is 31.1 Å². The number of hydrogen-bond donors (Lipinski definition) is 0. The normalized spacial score (nSPS) is 13.1. The molecule has 0 bridgehead atoms. The third kappa shape index (κ3) is 54.4. The first-order chi connectivity index (χ1) is 34.0. The Morgan fingerprint density at radius 2 is 0.565 bits per heavy atom. The van der Waals surface area contributed by atoms with E-state index in [9.17, 15) is 14.4 Å². The summed E-state index contributed by atoms with van der Waals surface area (Å²) in [7, 11) is 0. The quantitative estimate of drug-likeness (QED) is 0.0262. The van der Waals surface area contributed by atoms with E-state index in [1.807, 2.05) is 0 Å². The SMILES string of the molecule is CC/C=C\C/C=C\C/C=C\C/C=C\C/C=C\C/C=C\CCCCC(=O)OCC(COC(=O)CCCCCCC/C=C\C/C=C\CCC)OC(=O)CCCCCCCCC/C=C\C/C=C\C/C=C\CC. The topological polar surface area (TPSA) is 78.9 Å². The molecule has 0 amide bonds. The van der Waals surface area contributed by atoms with E-state index >= 15 is 0 Å². The molecule has 0 radical (unpaired) electrons. The smallest absolute Gasteiger partial charge is 0.306 e. The summed E-state index contributed by atoms with van der Waals surface area (Å²) in [5, 5.41) is 0. The molecule has 0 saturated heterocycles. The highest BCUT2D eigenvalue weighted by Crippen LogP contribution is 2.13. The maximum atomic E-state index is 12.8. The molecule has 388 valence electrons. The molecule has 0 saturated carbocycles. The fourth-order valence-electron chi connectivity index (χ4n) is 7.03. The first kappa shape index (κ1) is 64.5. The molecule has 0 fully saturated rings. The van der Waals surface area contributed by atoms with Crippen LogP contribution < -0.4 is 0 Å². The Morgan fingerprint density at radius 3 is 0.913 bits per heavy atom. The first-order valence-electron chi connectivity index (χ1n) is 27.7. The van der Waals surface area contributed by atoms with E-state index in [2.05, 4.69) is 154 Å². The average Bonchev–Trinajstić information content (AvgIpc) is 3.35. The highest BCUT2D eigenvalue weighted by molar-refractivity contribution is 5.71. The van der Waals surface area contributed by atoms with E-state index in [1.54, 1.807) is 0 Å². The van der Waals surface area contributed by atoms with Gasteiger partial charge in [-0.25, -0.2) is 0 Å². The number of carbonyl (C=O) groups is 3. The van der Waals surface area contributed by atoms with Crippen LogP contribution in [0.4, 0.5) is 0 Å². The molecule has 0 heterocycles. The zero-order chi connectivity index (χ0) is 50.0. The van der Waals surface area contributed by atoms with Gasteiger partial charge < -0.3 is 14.2 Å². The lowest BCUT2D eigenvalue weighted by Crippen LogP contribution is -2.30. The molecule has 1 atom stereocenters. The Balaban J connectivity index is 4.51. The highest BCUT2D eigenvalue weighted by Gasteiger charge is 2.19. The van der Waals surface area contributed by atoms with Crippen LogP contribution in [-0.2, 0) is 28.6 Å². The minimum absolute atomic E-state index is 0.108. The van der Waals surface area contributed by atoms with Gasteiger partial charge in [0.15, 0.2) is 6.10 Å². The van der Waals surface area contributed by atoms with Crippen molar-refractivity contribution in [3.05, 3.63) is 134 Å². The van der Waals surface area contributed by atoms with Crippen LogP contribution >= 0.6 is 0 Å². The minimum atomic E-state index is -0.812. The summed E-state index contributed by atoms with van der Waals surface area (Å²) < 4.78 is 16.8. The summed E-state index contributed by atoms with van der Waals surface area (Å²) in [5.74, 6) is -0.982. The van der Waals surface area contributed by atoms with Crippen LogP contribution in [0, 0.1) is 0 Å². The second kappa shape index (κ2) is 56.1. The van der Waals surface area contributed by atoms with Crippen LogP contribution in [0.15, 0.2) is 134 Å². The number of allylic oxidation sites excluding steroid dienone is 22. The second-order valence-corrected chi connectivity index (χ2v) is 17.7. The average molecular weight is 953 g/mol. The second-order valence-electron chi connectivity index (χ2n) is 17.7. The van der Waals surface area contributed by atoms with Crippen molar-refractivity contribution in [3.63, 3.8) is 0 Å². The molecule has 6 nitrogen and oxygen atoms in total. The van der Waals surface area contributed by atoms with Crippen LogP contribution in [0.1, 0.15) is 226 Å². The zero-order valence-electron chi connectivity index (χ0n) is 44.3. The molecule has 0 aromatic heterocycles. The summed E-state index contributed by atoms with van der Waals surface area (Å²) in [6.45, 7) is 6.28. The summed E-state index contributed by atoms with van der Waals surface area (Å²) in [6, 6.07) is 0. The zero-order valence-corrected chi connectivity index (χ0v) is 44.3. The van der Waals surface area contributed by atoms with Crippen molar-refractivity contribution in [1.29, 1.82) is 0 Å². The number of ether oxygens (including phenoxy) is 3. The molecule has 0 aliphatic heterocycles. The standard InChI is InChI=1S/C63H100O6/c1-4-7-10-13-16-19-22-25-27-29-30-31-32-34-35-38-41-44-47-50-53-56-62(65)68-59-60(58-67-61(64)55-52-49-46-43-40-37-24-21-18-15-12-9-6-3)69-63(66)57-54-51-48-45-42-39-36-33-28-26-23-20-17-14-11-8-5-2/h7-8,10-12,15-17,19-21,24-28,30-31,34-35,41,44,60H,4-6,9,13-14,18,22-23,29,32-33,36-40,42-43,45-59H2,1-3H3/b10-7-,11-8-,15-12-,19-16-,20-17-,24-21-,27-25-,28-26-,31-30-,35-34-,44-41-. The van der Waals surface area contributed by atoms with Gasteiger partial charge in [-0.05, 0) is 128 Å². The third-order valence-electron chi connectivity index (χ3n) is 11.1. The van der Waals surface area contributed by atoms with Crippen LogP contribution in [0.25, 0.3) is 0 Å². The Morgan fingerprint density at radius 1 is 0.304 bits per heavy atom. The monoisotopic (exact) mass is 953 g/mol. The molecule has 69 heavy (non-hydrogen) atoms. The lowest BCUT2D eigenvalue weighted by atomic mass is 10.1. The molecule has 0 aliphatic rings. The van der Waals surface area contributed by atoms with Crippen molar-refractivity contribution in [3.8, 4) is 0 Å². The van der Waals surface area contributed by atoms with E-state index in [0.29, 0.717) is 25.7 Å². The fraction of sp³-hybridized carbons (Fsp3) is 0.603. The number of esters is 3. The van der Waals surface area contributed by atoms with Gasteiger partial charge in [0, 0.05) is 19.3 Å². The van der Waals surface area contributed by atoms with Crippen molar-refractivity contribution in [2.24, 2.45) is 0 Å². The molecule has 1 unspecified atom stereocenters. The maximum Gasteiger partial charge on any atom is 0.306 e. The number of rotatable bonds is 48. The van der Waals surface area contributed by atoms with E-state index in [4.69, 9.17) is 14.2 Å². The number of unbranched alkanes of at least 4 members (excludes halogenated alkanes) is 15. The van der Waals surface area contributed by atoms with Gasteiger partial charge in [-0.15, -0.1) is 0 Å². The molecular weight excluding hydrogens is 853 g/mol. The lowest BCUT2D eigenvalue weighted by Gasteiger charge is -2.18. The predicted molar refractivity (Wildman–Crippen MR) is 297 cm³/mol. The Hall–Kier alpha value is -4.45. The number of carbonyl (C=O) groups excluding carboxylic acids is 3. The first-order valence-corrected chi connectivity index (χ1v) is 27.7. The van der Waals surface area contributed by atoms with E-state index in [0.717, 1.165) is 154 Å². The molecule has 0 aliphatic carbocycles. The summed E-state index contributed by atoms with van der Waals surface area (Å²) in [5.41, 5.74) is 0. The van der Waals surface area contributed by atoms with Crippen LogP contribution in [0.3, 0.4) is 0 Å². The molecule has 0 N–H and O–H groups in total. The molecule has 0 aromatic rings. The molecule has 0 aromatic carbocycles. The Bertz CT molecular complexity index is 1510. The molecular formula is C63H100O6. The van der Waals surface area contributed by atoms with Crippen LogP contribution in [0.5, 0.6) is 0 Å². The summed E-state index contributed by atoms with van der Waals surface area (Å²) in [4.78, 5) is 38.1. The number of hydrogen-bond acceptors (Lipinski definition) is 6. The van der Waals surface area contributed by atoms with E-state index < -0.39 is 6.10 Å². The van der Waals surface area contributed by atoms with Crippen molar-refractivity contribution >= 4 is 17.9 Å². The Labute approximate surface area is 424 Å². The van der Waals surface area contributed by atoms with E-state index in [1.165, 1.54) is 25.7 Å². The lowest BCUT2D eigenvalue weighted by molar-refractivity contribution is -0.167. The predicted octanol–water partition coefficient (Wildman–Crippen LogP) is 18.6. The highest BCUT2D eigenvalue weighted by atomic mass is 16.6. The third-order valence-corrected chi connectivity index (χ3v) is 11.1.